The quantitative estimate of drug-likeness (QED) is 0.131. The fraction of sp³-hybridized carbons (Fsp3) is 0.667. The molecule has 15 heteroatoms. The van der Waals surface area contributed by atoms with E-state index in [0.717, 1.165) is 109 Å². The van der Waals surface area contributed by atoms with Crippen molar-refractivity contribution in [2.75, 3.05) is 78.9 Å². The lowest BCUT2D eigenvalue weighted by Gasteiger charge is -2.39. The monoisotopic (exact) mass is 1200 g/mol. The molecule has 3 saturated heterocycles. The van der Waals surface area contributed by atoms with Crippen LogP contribution in [0.3, 0.4) is 0 Å². The molecule has 6 aromatic rings. The van der Waals surface area contributed by atoms with E-state index in [4.69, 9.17) is 29.2 Å². The number of rotatable bonds is 9. The van der Waals surface area contributed by atoms with Gasteiger partial charge in [-0.05, 0) is 175 Å². The minimum absolute atomic E-state index is 0.291. The third-order valence-electron chi connectivity index (χ3n) is 22.7. The highest BCUT2D eigenvalue weighted by molar-refractivity contribution is 6.80. The highest BCUT2D eigenvalue weighted by Gasteiger charge is 2.41. The van der Waals surface area contributed by atoms with E-state index < -0.39 is 24.7 Å². The lowest BCUT2D eigenvalue weighted by molar-refractivity contribution is 0.00727. The molecule has 3 aliphatic heterocycles. The summed E-state index contributed by atoms with van der Waals surface area (Å²) in [6.07, 6.45) is 29.7. The number of hydrogen-bond donors (Lipinski definition) is 0. The van der Waals surface area contributed by atoms with Crippen LogP contribution in [0.25, 0.3) is 38.7 Å². The van der Waals surface area contributed by atoms with E-state index in [9.17, 15) is 0 Å². The molecule has 0 bridgehead atoms. The van der Waals surface area contributed by atoms with Crippen LogP contribution in [0.2, 0.25) is 54.4 Å². The standard InChI is InChI=1S/2C23H37N3OSi.C23H35N3OSi/c3*1-23(2,3)28(4,5)26-11-10-19-16-20(17-24-22(19)26)18-6-8-21(9-7-18)25-12-14-27-15-13-25/h2*10-11,16-18,21H,6-9,12-15H2,1-5H3;6,10-11,16-17,21H,7-9,12-15H2,1-5H3. The van der Waals surface area contributed by atoms with Crippen molar-refractivity contribution in [3.63, 3.8) is 0 Å². The summed E-state index contributed by atoms with van der Waals surface area (Å²) in [6.45, 7) is 48.0. The minimum Gasteiger partial charge on any atom is -0.379 e. The lowest BCUT2D eigenvalue weighted by Crippen LogP contribution is -2.45. The Morgan fingerprint density at radius 2 is 0.750 bits per heavy atom. The third-order valence-corrected chi connectivity index (χ3v) is 38.4. The summed E-state index contributed by atoms with van der Waals surface area (Å²) in [5.74, 6) is 1.34. The topological polar surface area (TPSA) is 90.9 Å². The molecule has 1 unspecified atom stereocenters. The normalized spacial score (nSPS) is 24.4. The van der Waals surface area contributed by atoms with Crippen molar-refractivity contribution in [3.8, 4) is 0 Å². The van der Waals surface area contributed by atoms with Crippen molar-refractivity contribution in [1.29, 1.82) is 0 Å². The van der Waals surface area contributed by atoms with Gasteiger partial charge in [0.15, 0.2) is 24.7 Å². The number of pyridine rings is 3. The van der Waals surface area contributed by atoms with Crippen molar-refractivity contribution in [2.24, 2.45) is 0 Å². The van der Waals surface area contributed by atoms with Crippen LogP contribution in [0.15, 0.2) is 79.7 Å². The Morgan fingerprint density at radius 1 is 0.417 bits per heavy atom. The Balaban J connectivity index is 0.000000140. The second-order valence-electron chi connectivity index (χ2n) is 30.6. The second-order valence-corrected chi connectivity index (χ2v) is 45.9. The molecular weight excluding hydrogens is 1090 g/mol. The van der Waals surface area contributed by atoms with Crippen molar-refractivity contribution in [1.82, 2.24) is 42.3 Å². The maximum absolute atomic E-state index is 5.52. The third kappa shape index (κ3) is 13.6. The van der Waals surface area contributed by atoms with Crippen molar-refractivity contribution in [3.05, 3.63) is 96.3 Å². The maximum Gasteiger partial charge on any atom is 0.163 e. The average Bonchev–Trinajstić information content (AvgIpc) is 3.21. The molecule has 0 aromatic carbocycles. The van der Waals surface area contributed by atoms with Crippen LogP contribution >= 0.6 is 0 Å². The molecule has 0 radical (unpaired) electrons. The van der Waals surface area contributed by atoms with Gasteiger partial charge in [-0.2, -0.15) is 0 Å². The van der Waals surface area contributed by atoms with Gasteiger partial charge in [0, 0.05) is 92.1 Å². The summed E-state index contributed by atoms with van der Waals surface area (Å²) >= 11 is 0. The van der Waals surface area contributed by atoms with Gasteiger partial charge in [0.05, 0.1) is 39.6 Å². The Morgan fingerprint density at radius 3 is 1.08 bits per heavy atom. The SMILES string of the molecule is CC(C)(C)[Si](C)(C)n1ccc2cc(C3=CCC(N4CCOCC4)CC3)cnc21.CC(C)(C)[Si](C)(C)n1ccc2cc(C3CCC(N4CCOCC4)CC3)cnc21.CC(C)(C)[Si](C)(C)n1ccc2cc(C3CCC(N4CCOCC4)CC3)cnc21. The molecule has 0 spiro atoms. The van der Waals surface area contributed by atoms with Crippen LogP contribution in [0.4, 0.5) is 0 Å². The zero-order valence-corrected chi connectivity index (χ0v) is 57.9. The molecular formula is C69H109N9O3Si3. The molecule has 460 valence electrons. The molecule has 6 aromatic heterocycles. The van der Waals surface area contributed by atoms with E-state index in [2.05, 4.69) is 209 Å². The first-order valence-corrected chi connectivity index (χ1v) is 41.7. The van der Waals surface area contributed by atoms with Gasteiger partial charge in [-0.15, -0.1) is 0 Å². The summed E-state index contributed by atoms with van der Waals surface area (Å²) in [6, 6.07) is 16.2. The highest BCUT2D eigenvalue weighted by atomic mass is 28.3. The zero-order valence-electron chi connectivity index (χ0n) is 54.9. The molecule has 6 aliphatic rings. The molecule has 0 N–H and O–H groups in total. The number of nitrogens with zero attached hydrogens (tertiary/aromatic N) is 9. The number of morpholine rings is 3. The summed E-state index contributed by atoms with van der Waals surface area (Å²) < 4.78 is 24.0. The highest BCUT2D eigenvalue weighted by Crippen LogP contribution is 2.43. The molecule has 2 saturated carbocycles. The summed E-state index contributed by atoms with van der Waals surface area (Å²) in [5.41, 5.74) is 9.18. The maximum atomic E-state index is 5.52. The number of aromatic nitrogens is 6. The van der Waals surface area contributed by atoms with E-state index >= 15 is 0 Å². The van der Waals surface area contributed by atoms with Gasteiger partial charge in [0.2, 0.25) is 0 Å². The van der Waals surface area contributed by atoms with Crippen LogP contribution < -0.4 is 0 Å². The number of ether oxygens (including phenoxy) is 3. The lowest BCUT2D eigenvalue weighted by atomic mass is 9.81. The molecule has 9 heterocycles. The molecule has 1 atom stereocenters. The van der Waals surface area contributed by atoms with Gasteiger partial charge in [-0.3, -0.25) is 14.7 Å². The van der Waals surface area contributed by atoms with Crippen LogP contribution in [0.5, 0.6) is 0 Å². The Kier molecular flexibility index (Phi) is 19.4. The van der Waals surface area contributed by atoms with Gasteiger partial charge in [0.1, 0.15) is 16.9 Å². The zero-order chi connectivity index (χ0) is 59.8. The fourth-order valence-electron chi connectivity index (χ4n) is 14.0. The number of hydrogen-bond acceptors (Lipinski definition) is 9. The van der Waals surface area contributed by atoms with Gasteiger partial charge < -0.3 is 26.9 Å². The minimum atomic E-state index is -1.65. The van der Waals surface area contributed by atoms with Gasteiger partial charge in [-0.1, -0.05) is 108 Å². The Labute approximate surface area is 509 Å². The molecule has 5 fully saturated rings. The largest absolute Gasteiger partial charge is 0.379 e. The van der Waals surface area contributed by atoms with E-state index in [-0.39, 0.29) is 0 Å². The number of allylic oxidation sites excluding steroid dienone is 1. The smallest absolute Gasteiger partial charge is 0.163 e. The molecule has 3 aliphatic carbocycles. The van der Waals surface area contributed by atoms with E-state index in [1.54, 1.807) is 0 Å². The number of fused-ring (bicyclic) bond motifs is 3. The molecule has 84 heavy (non-hydrogen) atoms. The predicted molar refractivity (Wildman–Crippen MR) is 360 cm³/mol. The summed E-state index contributed by atoms with van der Waals surface area (Å²) in [5, 5.41) is 4.81. The fourth-order valence-corrected chi connectivity index (χ4v) is 19.6. The van der Waals surface area contributed by atoms with Crippen LogP contribution in [-0.4, -0.2) is 164 Å². The Bertz CT molecular complexity index is 3020. The molecule has 12 nitrogen and oxygen atoms in total. The molecule has 0 amide bonds. The van der Waals surface area contributed by atoms with Crippen molar-refractivity contribution >= 4 is 63.4 Å². The van der Waals surface area contributed by atoms with Gasteiger partial charge >= 0.3 is 0 Å². The van der Waals surface area contributed by atoms with Gasteiger partial charge in [-0.25, -0.2) is 15.0 Å². The predicted octanol–water partition coefficient (Wildman–Crippen LogP) is 15.7. The van der Waals surface area contributed by atoms with Crippen LogP contribution in [-0.2, 0) is 14.2 Å². The van der Waals surface area contributed by atoms with Crippen molar-refractivity contribution in [2.45, 2.75) is 217 Å². The first kappa shape index (κ1) is 63.2. The van der Waals surface area contributed by atoms with Crippen molar-refractivity contribution < 1.29 is 14.2 Å². The summed E-state index contributed by atoms with van der Waals surface area (Å²) in [4.78, 5) is 22.8. The average molecular weight is 1200 g/mol. The second kappa shape index (κ2) is 25.7. The summed E-state index contributed by atoms with van der Waals surface area (Å²) in [7, 11) is -4.93. The first-order chi connectivity index (χ1) is 39.8. The van der Waals surface area contributed by atoms with E-state index in [0.29, 0.717) is 33.0 Å². The van der Waals surface area contributed by atoms with Gasteiger partial charge in [0.25, 0.3) is 0 Å². The van der Waals surface area contributed by atoms with Crippen LogP contribution in [0, 0.1) is 0 Å². The Hall–Kier alpha value is -3.78. The molecule has 12 rings (SSSR count). The van der Waals surface area contributed by atoms with E-state index in [1.807, 2.05) is 0 Å². The first-order valence-electron chi connectivity index (χ1n) is 32.9. The van der Waals surface area contributed by atoms with E-state index in [1.165, 1.54) is 108 Å². The van der Waals surface area contributed by atoms with Crippen LogP contribution in [0.1, 0.15) is 161 Å².